The van der Waals surface area contributed by atoms with Gasteiger partial charge < -0.3 is 10.2 Å². The van der Waals surface area contributed by atoms with E-state index in [1.807, 2.05) is 30.3 Å². The van der Waals surface area contributed by atoms with Crippen molar-refractivity contribution < 1.29 is 9.18 Å². The second kappa shape index (κ2) is 6.92. The number of aromatic nitrogens is 2. The zero-order chi connectivity index (χ0) is 17.9. The third-order valence-corrected chi connectivity index (χ3v) is 4.35. The van der Waals surface area contributed by atoms with Crippen molar-refractivity contribution in [3.05, 3.63) is 77.9 Å². The van der Waals surface area contributed by atoms with Crippen LogP contribution in [0.15, 0.2) is 60.8 Å². The lowest BCUT2D eigenvalue weighted by molar-refractivity contribution is 0.206. The number of benzene rings is 2. The Morgan fingerprint density at radius 2 is 1.85 bits per heavy atom. The fourth-order valence-corrected chi connectivity index (χ4v) is 2.95. The molecule has 0 unspecified atom stereocenters. The van der Waals surface area contributed by atoms with E-state index in [1.54, 1.807) is 23.2 Å². The number of rotatable bonds is 2. The van der Waals surface area contributed by atoms with Crippen LogP contribution in [0.1, 0.15) is 11.3 Å². The number of amides is 2. The predicted octanol–water partition coefficient (Wildman–Crippen LogP) is 3.87. The second-order valence-corrected chi connectivity index (χ2v) is 6.14. The predicted molar refractivity (Wildman–Crippen MR) is 97.0 cm³/mol. The SMILES string of the molecule is O=C(Nc1ccc(F)cc1)N1CCc2nc(-c3ccccc3)ncc2C1. The number of fused-ring (bicyclic) bond motifs is 1. The summed E-state index contributed by atoms with van der Waals surface area (Å²) in [5, 5.41) is 2.79. The summed E-state index contributed by atoms with van der Waals surface area (Å²) in [6, 6.07) is 15.3. The van der Waals surface area contributed by atoms with Crippen molar-refractivity contribution in [2.45, 2.75) is 13.0 Å². The highest BCUT2D eigenvalue weighted by Crippen LogP contribution is 2.21. The second-order valence-electron chi connectivity index (χ2n) is 6.14. The minimum absolute atomic E-state index is 0.214. The fraction of sp³-hybridized carbons (Fsp3) is 0.150. The van der Waals surface area contributed by atoms with Crippen LogP contribution in [0.25, 0.3) is 11.4 Å². The first-order valence-corrected chi connectivity index (χ1v) is 8.41. The molecule has 2 aromatic carbocycles. The lowest BCUT2D eigenvalue weighted by Gasteiger charge is -2.28. The number of nitrogens with one attached hydrogen (secondary N) is 1. The van der Waals surface area contributed by atoms with Crippen molar-refractivity contribution in [3.8, 4) is 11.4 Å². The molecule has 1 N–H and O–H groups in total. The average molecular weight is 348 g/mol. The Balaban J connectivity index is 1.47. The van der Waals surface area contributed by atoms with Crippen molar-refractivity contribution in [2.24, 2.45) is 0 Å². The Morgan fingerprint density at radius 3 is 2.62 bits per heavy atom. The van der Waals surface area contributed by atoms with Gasteiger partial charge in [0.2, 0.25) is 0 Å². The molecule has 0 radical (unpaired) electrons. The summed E-state index contributed by atoms with van der Waals surface area (Å²) >= 11 is 0. The van der Waals surface area contributed by atoms with Crippen LogP contribution in [-0.2, 0) is 13.0 Å². The van der Waals surface area contributed by atoms with Gasteiger partial charge in [0, 0.05) is 36.0 Å². The molecule has 0 aliphatic carbocycles. The highest BCUT2D eigenvalue weighted by atomic mass is 19.1. The number of halogens is 1. The summed E-state index contributed by atoms with van der Waals surface area (Å²) in [7, 11) is 0. The van der Waals surface area contributed by atoms with Gasteiger partial charge in [0.15, 0.2) is 5.82 Å². The van der Waals surface area contributed by atoms with Crippen LogP contribution in [0.4, 0.5) is 14.9 Å². The van der Waals surface area contributed by atoms with Gasteiger partial charge in [0.1, 0.15) is 5.82 Å². The molecule has 0 saturated carbocycles. The summed E-state index contributed by atoms with van der Waals surface area (Å²) < 4.78 is 13.0. The molecular formula is C20H17FN4O. The molecule has 1 aliphatic rings. The molecule has 26 heavy (non-hydrogen) atoms. The largest absolute Gasteiger partial charge is 0.322 e. The Bertz CT molecular complexity index is 928. The van der Waals surface area contributed by atoms with Crippen LogP contribution in [0.3, 0.4) is 0 Å². The quantitative estimate of drug-likeness (QED) is 0.765. The normalized spacial score (nSPS) is 13.2. The van der Waals surface area contributed by atoms with E-state index in [4.69, 9.17) is 0 Å². The number of nitrogens with zero attached hydrogens (tertiary/aromatic N) is 3. The first kappa shape index (κ1) is 16.2. The van der Waals surface area contributed by atoms with E-state index >= 15 is 0 Å². The van der Waals surface area contributed by atoms with Gasteiger partial charge in [0.25, 0.3) is 0 Å². The third-order valence-electron chi connectivity index (χ3n) is 4.35. The molecule has 0 spiro atoms. The lowest BCUT2D eigenvalue weighted by Crippen LogP contribution is -2.39. The third kappa shape index (κ3) is 3.39. The van der Waals surface area contributed by atoms with E-state index in [1.165, 1.54) is 12.1 Å². The zero-order valence-corrected chi connectivity index (χ0v) is 14.0. The molecule has 0 atom stereocenters. The van der Waals surface area contributed by atoms with Crippen LogP contribution in [0, 0.1) is 5.82 Å². The van der Waals surface area contributed by atoms with Gasteiger partial charge in [-0.25, -0.2) is 19.2 Å². The number of carbonyl (C=O) groups excluding carboxylic acids is 1. The smallest absolute Gasteiger partial charge is 0.320 e. The molecule has 0 bridgehead atoms. The molecule has 6 heteroatoms. The molecule has 2 amide bonds. The van der Waals surface area contributed by atoms with E-state index in [2.05, 4.69) is 15.3 Å². The molecule has 130 valence electrons. The summed E-state index contributed by atoms with van der Waals surface area (Å²) in [5.41, 5.74) is 3.47. The Morgan fingerprint density at radius 1 is 1.08 bits per heavy atom. The van der Waals surface area contributed by atoms with Crippen LogP contribution in [-0.4, -0.2) is 27.4 Å². The number of hydrogen-bond donors (Lipinski definition) is 1. The van der Waals surface area contributed by atoms with Gasteiger partial charge in [-0.05, 0) is 24.3 Å². The maximum atomic E-state index is 13.0. The topological polar surface area (TPSA) is 58.1 Å². The van der Waals surface area contributed by atoms with Gasteiger partial charge in [-0.1, -0.05) is 30.3 Å². The number of hydrogen-bond acceptors (Lipinski definition) is 3. The monoisotopic (exact) mass is 348 g/mol. The van der Waals surface area contributed by atoms with Crippen LogP contribution < -0.4 is 5.32 Å². The summed E-state index contributed by atoms with van der Waals surface area (Å²) in [6.45, 7) is 1.03. The van der Waals surface area contributed by atoms with Crippen molar-refractivity contribution in [1.29, 1.82) is 0 Å². The summed E-state index contributed by atoms with van der Waals surface area (Å²) in [6.07, 6.45) is 2.47. The maximum absolute atomic E-state index is 13.0. The van der Waals surface area contributed by atoms with Crippen LogP contribution >= 0.6 is 0 Å². The number of urea groups is 1. The van der Waals surface area contributed by atoms with Crippen molar-refractivity contribution in [2.75, 3.05) is 11.9 Å². The first-order chi connectivity index (χ1) is 12.7. The molecule has 5 nitrogen and oxygen atoms in total. The zero-order valence-electron chi connectivity index (χ0n) is 14.0. The van der Waals surface area contributed by atoms with Crippen molar-refractivity contribution >= 4 is 11.7 Å². The Kier molecular flexibility index (Phi) is 4.31. The van der Waals surface area contributed by atoms with E-state index in [0.29, 0.717) is 31.0 Å². The highest BCUT2D eigenvalue weighted by molar-refractivity contribution is 5.89. The molecule has 3 aromatic rings. The Labute approximate surface area is 150 Å². The molecular weight excluding hydrogens is 331 g/mol. The van der Waals surface area contributed by atoms with Crippen LogP contribution in [0.5, 0.6) is 0 Å². The van der Waals surface area contributed by atoms with Gasteiger partial charge >= 0.3 is 6.03 Å². The molecule has 0 saturated heterocycles. The average Bonchev–Trinajstić information content (AvgIpc) is 2.69. The van der Waals surface area contributed by atoms with Crippen LogP contribution in [0.2, 0.25) is 0 Å². The Hall–Kier alpha value is -3.28. The van der Waals surface area contributed by atoms with E-state index in [9.17, 15) is 9.18 Å². The lowest BCUT2D eigenvalue weighted by atomic mass is 10.1. The van der Waals surface area contributed by atoms with Gasteiger partial charge in [-0.2, -0.15) is 0 Å². The fourth-order valence-electron chi connectivity index (χ4n) is 2.95. The minimum Gasteiger partial charge on any atom is -0.320 e. The maximum Gasteiger partial charge on any atom is 0.322 e. The van der Waals surface area contributed by atoms with Gasteiger partial charge in [0.05, 0.1) is 12.2 Å². The molecule has 4 rings (SSSR count). The molecule has 0 fully saturated rings. The van der Waals surface area contributed by atoms with E-state index < -0.39 is 0 Å². The minimum atomic E-state index is -0.332. The van der Waals surface area contributed by atoms with Crippen molar-refractivity contribution in [1.82, 2.24) is 14.9 Å². The summed E-state index contributed by atoms with van der Waals surface area (Å²) in [4.78, 5) is 23.2. The van der Waals surface area contributed by atoms with Gasteiger partial charge in [-0.3, -0.25) is 0 Å². The molecule has 2 heterocycles. The number of carbonyl (C=O) groups is 1. The molecule has 1 aliphatic heterocycles. The molecule has 1 aromatic heterocycles. The standard InChI is InChI=1S/C20H17FN4O/c21-16-6-8-17(9-7-16)23-20(26)25-11-10-18-15(13-25)12-22-19(24-18)14-4-2-1-3-5-14/h1-9,12H,10-11,13H2,(H,23,26). The van der Waals surface area contributed by atoms with Crippen molar-refractivity contribution in [3.63, 3.8) is 0 Å². The number of anilines is 1. The van der Waals surface area contributed by atoms with E-state index in [-0.39, 0.29) is 11.8 Å². The first-order valence-electron chi connectivity index (χ1n) is 8.41. The highest BCUT2D eigenvalue weighted by Gasteiger charge is 2.22. The van der Waals surface area contributed by atoms with Gasteiger partial charge in [-0.15, -0.1) is 0 Å². The van der Waals surface area contributed by atoms with E-state index in [0.717, 1.165) is 16.8 Å². The summed E-state index contributed by atoms with van der Waals surface area (Å²) in [5.74, 6) is 0.370.